The Labute approximate surface area is 121 Å². The molecule has 5 heteroatoms. The standard InChI is InChI=1S/C7H6O2S.C2H5.Hg.Na.H/c8-7(9)5-3-1-2-4-6(5)10;1-2;;;/h1-4,10H,(H,8,9);1H2,2H3;;;/q;;+1;;/p-1. The van der Waals surface area contributed by atoms with Gasteiger partial charge in [-0.25, -0.2) is 0 Å². The van der Waals surface area contributed by atoms with Gasteiger partial charge in [-0.05, 0) is 0 Å². The second-order valence-electron chi connectivity index (χ2n) is 2.65. The van der Waals surface area contributed by atoms with Gasteiger partial charge in [-0.3, -0.25) is 0 Å². The van der Waals surface area contributed by atoms with Crippen molar-refractivity contribution in [2.75, 3.05) is 0 Å². The van der Waals surface area contributed by atoms with Crippen molar-refractivity contribution in [3.63, 3.8) is 0 Å². The van der Waals surface area contributed by atoms with Crippen LogP contribution in [0, 0.1) is 0 Å². The quantitative estimate of drug-likeness (QED) is 0.779. The average Bonchev–Trinajstić information content (AvgIpc) is 2.15. The first-order valence-electron chi connectivity index (χ1n) is 4.20. The van der Waals surface area contributed by atoms with Crippen LogP contribution in [-0.4, -0.2) is 40.6 Å². The fraction of sp³-hybridized carbons (Fsp3) is 0.222. The van der Waals surface area contributed by atoms with Gasteiger partial charge in [0.2, 0.25) is 0 Å². The van der Waals surface area contributed by atoms with Crippen LogP contribution in [0.5, 0.6) is 0 Å². The van der Waals surface area contributed by atoms with Crippen LogP contribution < -0.4 is 0 Å². The molecule has 0 aromatic heterocycles. The summed E-state index contributed by atoms with van der Waals surface area (Å²) in [6.07, 6.45) is 0. The predicted molar refractivity (Wildman–Crippen MR) is 56.9 cm³/mol. The van der Waals surface area contributed by atoms with Crippen molar-refractivity contribution in [2.45, 2.75) is 15.7 Å². The zero-order valence-corrected chi connectivity index (χ0v) is 13.8. The summed E-state index contributed by atoms with van der Waals surface area (Å²) in [4.78, 5) is 11.8. The molecule has 0 fully saturated rings. The van der Waals surface area contributed by atoms with E-state index in [4.69, 9.17) is 5.11 Å². The summed E-state index contributed by atoms with van der Waals surface area (Å²) in [7, 11) is 1.82. The SMILES string of the molecule is C[CH2][Hg][S]c1ccccc1C(=O)O.[NaH]. The van der Waals surface area contributed by atoms with Crippen LogP contribution >= 0.6 is 8.24 Å². The monoisotopic (exact) mass is 408 g/mol. The van der Waals surface area contributed by atoms with E-state index in [0.29, 0.717) is 5.56 Å². The molecule has 1 rings (SSSR count). The Morgan fingerprint density at radius 1 is 1.50 bits per heavy atom. The third-order valence-electron chi connectivity index (χ3n) is 1.58. The summed E-state index contributed by atoms with van der Waals surface area (Å²) >= 11 is -0.860. The van der Waals surface area contributed by atoms with Crippen LogP contribution in [0.2, 0.25) is 3.93 Å². The van der Waals surface area contributed by atoms with E-state index in [9.17, 15) is 4.79 Å². The van der Waals surface area contributed by atoms with Gasteiger partial charge in [0, 0.05) is 0 Å². The number of hydrogen-bond acceptors (Lipinski definition) is 2. The van der Waals surface area contributed by atoms with E-state index in [1.165, 1.54) is 3.93 Å². The molecule has 0 spiro atoms. The molecule has 0 saturated heterocycles. The van der Waals surface area contributed by atoms with Gasteiger partial charge in [-0.2, -0.15) is 0 Å². The Balaban J connectivity index is 0.00000169. The average molecular weight is 407 g/mol. The van der Waals surface area contributed by atoms with Gasteiger partial charge in [-0.1, -0.05) is 0 Å². The van der Waals surface area contributed by atoms with Crippen LogP contribution in [-0.2, 0) is 23.1 Å². The van der Waals surface area contributed by atoms with Crippen molar-refractivity contribution in [2.24, 2.45) is 0 Å². The predicted octanol–water partition coefficient (Wildman–Crippen LogP) is 2.26. The molecule has 0 saturated carbocycles. The Kier molecular flexibility index (Phi) is 8.73. The molecule has 14 heavy (non-hydrogen) atoms. The summed E-state index contributed by atoms with van der Waals surface area (Å²) in [5, 5.41) is 8.88. The third kappa shape index (κ3) is 4.66. The van der Waals surface area contributed by atoms with Crippen LogP contribution in [0.1, 0.15) is 17.3 Å². The van der Waals surface area contributed by atoms with Crippen molar-refractivity contribution < 1.29 is 33.0 Å². The molecule has 68 valence electrons. The summed E-state index contributed by atoms with van der Waals surface area (Å²) in [6, 6.07) is 7.26. The molecule has 1 aromatic rings. The molecule has 1 N–H and O–H groups in total. The molecular weight excluding hydrogens is 396 g/mol. The van der Waals surface area contributed by atoms with Crippen LogP contribution in [0.15, 0.2) is 29.2 Å². The van der Waals surface area contributed by atoms with E-state index >= 15 is 0 Å². The van der Waals surface area contributed by atoms with Crippen LogP contribution in [0.25, 0.3) is 0 Å². The Hall–Kier alpha value is 0.975. The molecule has 0 heterocycles. The molecule has 0 unspecified atom stereocenters. The fourth-order valence-corrected chi connectivity index (χ4v) is 9.77. The zero-order chi connectivity index (χ0) is 9.68. The van der Waals surface area contributed by atoms with Gasteiger partial charge in [0.1, 0.15) is 0 Å². The molecular formula is C9H11HgNaO2S. The summed E-state index contributed by atoms with van der Waals surface area (Å²) in [5.41, 5.74) is 0.459. The van der Waals surface area contributed by atoms with E-state index < -0.39 is 29.0 Å². The van der Waals surface area contributed by atoms with E-state index in [2.05, 4.69) is 6.92 Å². The van der Waals surface area contributed by atoms with Crippen LogP contribution in [0.3, 0.4) is 0 Å². The maximum atomic E-state index is 10.8. The van der Waals surface area contributed by atoms with E-state index in [1.54, 1.807) is 12.1 Å². The molecule has 0 bridgehead atoms. The molecule has 0 aliphatic rings. The normalized spacial score (nSPS) is 8.64. The van der Waals surface area contributed by atoms with Gasteiger partial charge in [0.25, 0.3) is 0 Å². The number of carbonyl (C=O) groups is 1. The van der Waals surface area contributed by atoms with Gasteiger partial charge in [-0.15, -0.1) is 0 Å². The molecule has 1 aromatic carbocycles. The van der Waals surface area contributed by atoms with Crippen molar-refractivity contribution in [1.29, 1.82) is 0 Å². The minimum atomic E-state index is -0.860. The van der Waals surface area contributed by atoms with Crippen LogP contribution in [0.4, 0.5) is 0 Å². The number of carboxylic acid groups (broad SMARTS) is 1. The Bertz CT molecular complexity index is 307. The topological polar surface area (TPSA) is 37.3 Å². The second-order valence-corrected chi connectivity index (χ2v) is 15.8. The number of hydrogen-bond donors (Lipinski definition) is 1. The van der Waals surface area contributed by atoms with Crippen molar-refractivity contribution in [1.82, 2.24) is 0 Å². The molecule has 0 aliphatic carbocycles. The maximum absolute atomic E-state index is 10.8. The van der Waals surface area contributed by atoms with E-state index in [1.807, 2.05) is 20.4 Å². The van der Waals surface area contributed by atoms with Crippen molar-refractivity contribution in [3.8, 4) is 0 Å². The second kappa shape index (κ2) is 8.16. The number of rotatable bonds is 4. The molecule has 0 aliphatic heterocycles. The van der Waals surface area contributed by atoms with Gasteiger partial charge in [0.05, 0.1) is 0 Å². The first-order chi connectivity index (χ1) is 6.25. The van der Waals surface area contributed by atoms with Gasteiger partial charge in [0.15, 0.2) is 0 Å². The molecule has 0 amide bonds. The first-order valence-corrected chi connectivity index (χ1v) is 15.8. The fourth-order valence-electron chi connectivity index (χ4n) is 0.981. The minimum absolute atomic E-state index is 0. The Morgan fingerprint density at radius 2 is 2.14 bits per heavy atom. The van der Waals surface area contributed by atoms with E-state index in [-0.39, 0.29) is 29.6 Å². The molecule has 0 atom stereocenters. The molecule has 2 nitrogen and oxygen atoms in total. The number of carboxylic acids is 1. The van der Waals surface area contributed by atoms with Gasteiger partial charge < -0.3 is 0 Å². The zero-order valence-electron chi connectivity index (χ0n) is 7.49. The van der Waals surface area contributed by atoms with E-state index in [0.717, 1.165) is 4.90 Å². The first kappa shape index (κ1) is 15.0. The Morgan fingerprint density at radius 3 is 2.71 bits per heavy atom. The summed E-state index contributed by atoms with van der Waals surface area (Å²) in [6.45, 7) is 2.18. The summed E-state index contributed by atoms with van der Waals surface area (Å²) in [5.74, 6) is -0.812. The number of aromatic carboxylic acids is 1. The molecule has 0 radical (unpaired) electrons. The summed E-state index contributed by atoms with van der Waals surface area (Å²) < 4.78 is 1.28. The van der Waals surface area contributed by atoms with Crippen molar-refractivity contribution in [3.05, 3.63) is 29.8 Å². The van der Waals surface area contributed by atoms with Gasteiger partial charge >= 0.3 is 122 Å². The van der Waals surface area contributed by atoms with Crippen molar-refractivity contribution >= 4 is 43.8 Å². The third-order valence-corrected chi connectivity index (χ3v) is 13.6. The number of benzene rings is 1.